The van der Waals surface area contributed by atoms with Crippen LogP contribution in [0.5, 0.6) is 11.5 Å². The van der Waals surface area contributed by atoms with Crippen LogP contribution in [-0.4, -0.2) is 31.7 Å². The van der Waals surface area contributed by atoms with Crippen molar-refractivity contribution >= 4 is 23.6 Å². The van der Waals surface area contributed by atoms with Crippen LogP contribution in [-0.2, 0) is 14.3 Å². The minimum atomic E-state index is -0.603. The van der Waals surface area contributed by atoms with Crippen LogP contribution >= 0.6 is 0 Å². The fourth-order valence-corrected chi connectivity index (χ4v) is 2.71. The van der Waals surface area contributed by atoms with E-state index in [4.69, 9.17) is 14.2 Å². The lowest BCUT2D eigenvalue weighted by Crippen LogP contribution is -2.21. The molecule has 2 aromatic carbocycles. The van der Waals surface area contributed by atoms with Gasteiger partial charge in [0.2, 0.25) is 0 Å². The maximum atomic E-state index is 12.1. The Labute approximate surface area is 171 Å². The van der Waals surface area contributed by atoms with Gasteiger partial charge in [0, 0.05) is 11.8 Å². The summed E-state index contributed by atoms with van der Waals surface area (Å²) in [7, 11) is 0. The number of hydrogen-bond acceptors (Lipinski definition) is 5. The summed E-state index contributed by atoms with van der Waals surface area (Å²) in [5, 5.41) is 2.78. The first kappa shape index (κ1) is 22.0. The van der Waals surface area contributed by atoms with Crippen LogP contribution in [0.15, 0.2) is 42.5 Å². The second-order valence-electron chi connectivity index (χ2n) is 6.33. The summed E-state index contributed by atoms with van der Waals surface area (Å²) in [5.41, 5.74) is 3.39. The second kappa shape index (κ2) is 10.9. The predicted octanol–water partition coefficient (Wildman–Crippen LogP) is 4.30. The van der Waals surface area contributed by atoms with Crippen molar-refractivity contribution in [1.82, 2.24) is 0 Å². The average Bonchev–Trinajstić information content (AvgIpc) is 2.70. The Hall–Kier alpha value is -3.28. The first-order valence-electron chi connectivity index (χ1n) is 9.55. The van der Waals surface area contributed by atoms with Crippen molar-refractivity contribution in [2.75, 3.05) is 25.1 Å². The van der Waals surface area contributed by atoms with E-state index >= 15 is 0 Å². The van der Waals surface area contributed by atoms with Crippen LogP contribution < -0.4 is 14.8 Å². The van der Waals surface area contributed by atoms with Gasteiger partial charge in [0.15, 0.2) is 18.1 Å². The molecule has 0 spiro atoms. The number of para-hydroxylation sites is 1. The molecule has 0 radical (unpaired) electrons. The standard InChI is InChI=1S/C23H27NO5/c1-5-27-19-12-10-18(14-20(19)28-6-2)11-13-22(26)29-15-21(25)24-23-16(3)8-7-9-17(23)4/h7-14H,5-6,15H2,1-4H3,(H,24,25)/b13-11+. The largest absolute Gasteiger partial charge is 0.490 e. The van der Waals surface area contributed by atoms with E-state index in [2.05, 4.69) is 5.32 Å². The third kappa shape index (κ3) is 6.68. The Morgan fingerprint density at radius 3 is 2.28 bits per heavy atom. The van der Waals surface area contributed by atoms with E-state index in [1.54, 1.807) is 18.2 Å². The van der Waals surface area contributed by atoms with Crippen molar-refractivity contribution in [3.05, 3.63) is 59.2 Å². The van der Waals surface area contributed by atoms with Crippen molar-refractivity contribution in [1.29, 1.82) is 0 Å². The van der Waals surface area contributed by atoms with Crippen LogP contribution in [0.2, 0.25) is 0 Å². The maximum absolute atomic E-state index is 12.1. The van der Waals surface area contributed by atoms with Crippen LogP contribution in [0.4, 0.5) is 5.69 Å². The van der Waals surface area contributed by atoms with Crippen LogP contribution in [0.1, 0.15) is 30.5 Å². The van der Waals surface area contributed by atoms with Gasteiger partial charge in [0.25, 0.3) is 5.91 Å². The molecule has 0 aliphatic rings. The molecule has 0 heterocycles. The molecule has 2 rings (SSSR count). The zero-order chi connectivity index (χ0) is 21.2. The van der Waals surface area contributed by atoms with E-state index in [-0.39, 0.29) is 12.5 Å². The lowest BCUT2D eigenvalue weighted by molar-refractivity contribution is -0.142. The molecule has 6 heteroatoms. The highest BCUT2D eigenvalue weighted by Crippen LogP contribution is 2.29. The van der Waals surface area contributed by atoms with E-state index in [1.807, 2.05) is 52.0 Å². The quantitative estimate of drug-likeness (QED) is 0.505. The molecule has 0 bridgehead atoms. The summed E-state index contributed by atoms with van der Waals surface area (Å²) in [6, 6.07) is 11.1. The van der Waals surface area contributed by atoms with E-state index in [0.29, 0.717) is 24.7 Å². The van der Waals surface area contributed by atoms with Crippen LogP contribution in [0.3, 0.4) is 0 Å². The molecule has 154 valence electrons. The van der Waals surface area contributed by atoms with E-state index < -0.39 is 5.97 Å². The Bertz CT molecular complexity index is 869. The van der Waals surface area contributed by atoms with Crippen molar-refractivity contribution in [2.45, 2.75) is 27.7 Å². The van der Waals surface area contributed by atoms with Gasteiger partial charge in [0.1, 0.15) is 0 Å². The van der Waals surface area contributed by atoms with Gasteiger partial charge < -0.3 is 19.5 Å². The molecule has 0 aromatic heterocycles. The highest BCUT2D eigenvalue weighted by Gasteiger charge is 2.09. The molecule has 0 saturated heterocycles. The van der Waals surface area contributed by atoms with E-state index in [0.717, 1.165) is 22.4 Å². The van der Waals surface area contributed by atoms with Gasteiger partial charge in [-0.3, -0.25) is 4.79 Å². The number of aryl methyl sites for hydroxylation is 2. The normalized spacial score (nSPS) is 10.6. The highest BCUT2D eigenvalue weighted by atomic mass is 16.5. The number of ether oxygens (including phenoxy) is 3. The molecule has 1 amide bonds. The summed E-state index contributed by atoms with van der Waals surface area (Å²) < 4.78 is 16.1. The molecule has 29 heavy (non-hydrogen) atoms. The summed E-state index contributed by atoms with van der Waals surface area (Å²) in [6.07, 6.45) is 2.88. The zero-order valence-electron chi connectivity index (χ0n) is 17.3. The van der Waals surface area contributed by atoms with Gasteiger partial charge in [-0.15, -0.1) is 0 Å². The molecule has 0 aliphatic carbocycles. The Kier molecular flexibility index (Phi) is 8.27. The van der Waals surface area contributed by atoms with Gasteiger partial charge >= 0.3 is 5.97 Å². The third-order valence-corrected chi connectivity index (χ3v) is 4.07. The Morgan fingerprint density at radius 2 is 1.62 bits per heavy atom. The molecule has 1 N–H and O–H groups in total. The number of esters is 1. The maximum Gasteiger partial charge on any atom is 0.331 e. The number of nitrogens with one attached hydrogen (secondary N) is 1. The molecular weight excluding hydrogens is 370 g/mol. The minimum absolute atomic E-state index is 0.357. The fourth-order valence-electron chi connectivity index (χ4n) is 2.71. The lowest BCUT2D eigenvalue weighted by atomic mass is 10.1. The smallest absolute Gasteiger partial charge is 0.331 e. The first-order valence-corrected chi connectivity index (χ1v) is 9.55. The fraction of sp³-hybridized carbons (Fsp3) is 0.304. The SMILES string of the molecule is CCOc1ccc(/C=C/C(=O)OCC(=O)Nc2c(C)cccc2C)cc1OCC. The summed E-state index contributed by atoms with van der Waals surface area (Å²) in [6.45, 7) is 8.28. The number of amides is 1. The highest BCUT2D eigenvalue weighted by molar-refractivity contribution is 5.95. The van der Waals surface area contributed by atoms with E-state index in [1.165, 1.54) is 6.08 Å². The number of hydrogen-bond donors (Lipinski definition) is 1. The molecule has 0 aliphatic heterocycles. The molecular formula is C23H27NO5. The number of anilines is 1. The van der Waals surface area contributed by atoms with Crippen LogP contribution in [0, 0.1) is 13.8 Å². The third-order valence-electron chi connectivity index (χ3n) is 4.07. The van der Waals surface area contributed by atoms with Gasteiger partial charge in [-0.25, -0.2) is 4.79 Å². The summed E-state index contributed by atoms with van der Waals surface area (Å²) >= 11 is 0. The molecule has 6 nitrogen and oxygen atoms in total. The van der Waals surface area contributed by atoms with Gasteiger partial charge in [0.05, 0.1) is 13.2 Å². The molecule has 2 aromatic rings. The van der Waals surface area contributed by atoms with Crippen molar-refractivity contribution in [2.24, 2.45) is 0 Å². The number of rotatable bonds is 9. The first-order chi connectivity index (χ1) is 13.9. The van der Waals surface area contributed by atoms with Crippen molar-refractivity contribution < 1.29 is 23.8 Å². The number of benzene rings is 2. The topological polar surface area (TPSA) is 73.9 Å². The molecule has 0 fully saturated rings. The molecule has 0 saturated carbocycles. The predicted molar refractivity (Wildman–Crippen MR) is 113 cm³/mol. The van der Waals surface area contributed by atoms with Crippen molar-refractivity contribution in [3.8, 4) is 11.5 Å². The van der Waals surface area contributed by atoms with E-state index in [9.17, 15) is 9.59 Å². The second-order valence-corrected chi connectivity index (χ2v) is 6.33. The molecule has 0 unspecified atom stereocenters. The van der Waals surface area contributed by atoms with Gasteiger partial charge in [-0.1, -0.05) is 24.3 Å². The number of carbonyl (C=O) groups is 2. The Morgan fingerprint density at radius 1 is 0.966 bits per heavy atom. The van der Waals surface area contributed by atoms with Gasteiger partial charge in [-0.2, -0.15) is 0 Å². The van der Waals surface area contributed by atoms with Crippen LogP contribution in [0.25, 0.3) is 6.08 Å². The Balaban J connectivity index is 1.92. The van der Waals surface area contributed by atoms with Crippen molar-refractivity contribution in [3.63, 3.8) is 0 Å². The monoisotopic (exact) mass is 397 g/mol. The lowest BCUT2D eigenvalue weighted by Gasteiger charge is -2.11. The average molecular weight is 397 g/mol. The molecule has 0 atom stereocenters. The van der Waals surface area contributed by atoms with Gasteiger partial charge in [-0.05, 0) is 62.6 Å². The zero-order valence-corrected chi connectivity index (χ0v) is 17.3. The minimum Gasteiger partial charge on any atom is -0.490 e. The summed E-state index contributed by atoms with van der Waals surface area (Å²) in [4.78, 5) is 24.0. The summed E-state index contributed by atoms with van der Waals surface area (Å²) in [5.74, 6) is 0.271. The number of carbonyl (C=O) groups excluding carboxylic acids is 2.